The Hall–Kier alpha value is -2.81. The number of carbonyl (C=O) groups is 2. The van der Waals surface area contributed by atoms with E-state index in [2.05, 4.69) is 4.99 Å². The van der Waals surface area contributed by atoms with E-state index in [-0.39, 0.29) is 17.1 Å². The van der Waals surface area contributed by atoms with E-state index in [1.54, 1.807) is 24.3 Å². The number of halogens is 1. The number of nitrogens with zero attached hydrogens (tertiary/aromatic N) is 3. The van der Waals surface area contributed by atoms with Crippen LogP contribution < -0.4 is 9.64 Å². The van der Waals surface area contributed by atoms with Crippen molar-refractivity contribution >= 4 is 52.1 Å². The minimum atomic E-state index is -0.380. The number of rotatable bonds is 6. The predicted molar refractivity (Wildman–Crippen MR) is 141 cm³/mol. The van der Waals surface area contributed by atoms with E-state index < -0.39 is 0 Å². The maximum atomic E-state index is 13.6. The summed E-state index contributed by atoms with van der Waals surface area (Å²) in [6.07, 6.45) is 2.37. The molecule has 2 aromatic carbocycles. The minimum absolute atomic E-state index is 0.0276. The number of thioether (sulfide) groups is 1. The van der Waals surface area contributed by atoms with Gasteiger partial charge in [0.05, 0.1) is 36.3 Å². The number of hydrogen-bond donors (Lipinski definition) is 0. The van der Waals surface area contributed by atoms with Crippen LogP contribution in [-0.2, 0) is 14.3 Å². The molecule has 0 saturated carbocycles. The molecule has 35 heavy (non-hydrogen) atoms. The van der Waals surface area contributed by atoms with Gasteiger partial charge in [-0.15, -0.1) is 0 Å². The van der Waals surface area contributed by atoms with Gasteiger partial charge in [-0.25, -0.2) is 4.99 Å². The summed E-state index contributed by atoms with van der Waals surface area (Å²) in [7, 11) is 1.54. The largest absolute Gasteiger partial charge is 0.495 e. The van der Waals surface area contributed by atoms with Gasteiger partial charge in [-0.2, -0.15) is 0 Å². The average molecular weight is 514 g/mol. The third-order valence-corrected chi connectivity index (χ3v) is 7.38. The van der Waals surface area contributed by atoms with Crippen LogP contribution in [0.4, 0.5) is 5.69 Å². The van der Waals surface area contributed by atoms with Gasteiger partial charge < -0.3 is 14.4 Å². The van der Waals surface area contributed by atoms with E-state index in [9.17, 15) is 9.59 Å². The predicted octanol–water partition coefficient (Wildman–Crippen LogP) is 4.77. The maximum absolute atomic E-state index is 13.6. The molecule has 7 nitrogen and oxygen atoms in total. The van der Waals surface area contributed by atoms with Crippen molar-refractivity contribution < 1.29 is 19.1 Å². The molecule has 2 aliphatic heterocycles. The summed E-state index contributed by atoms with van der Waals surface area (Å²) >= 11 is 7.68. The number of morpholine rings is 1. The summed E-state index contributed by atoms with van der Waals surface area (Å²) in [6, 6.07) is 13.0. The molecule has 0 bridgehead atoms. The van der Waals surface area contributed by atoms with E-state index >= 15 is 0 Å². The Kier molecular flexibility index (Phi) is 8.15. The van der Waals surface area contributed by atoms with Gasteiger partial charge in [0.2, 0.25) is 5.91 Å². The molecular weight excluding hydrogens is 486 g/mol. The first-order chi connectivity index (χ1) is 16.9. The highest BCUT2D eigenvalue weighted by atomic mass is 35.5. The fourth-order valence-corrected chi connectivity index (χ4v) is 5.31. The Bertz CT molecular complexity index is 1180. The zero-order chi connectivity index (χ0) is 24.9. The SMILES string of the molecule is CCC(SC1=NC(=Cc2cccc(C)c2)C(=O)N1c1ccc(OC)c(Cl)c1)C(=O)N1CCOCC1. The van der Waals surface area contributed by atoms with Crippen LogP contribution in [0.15, 0.2) is 53.2 Å². The minimum Gasteiger partial charge on any atom is -0.495 e. The van der Waals surface area contributed by atoms with Gasteiger partial charge >= 0.3 is 0 Å². The highest BCUT2D eigenvalue weighted by molar-refractivity contribution is 8.15. The second-order valence-electron chi connectivity index (χ2n) is 8.25. The van der Waals surface area contributed by atoms with E-state index in [4.69, 9.17) is 21.1 Å². The zero-order valence-electron chi connectivity index (χ0n) is 20.0. The highest BCUT2D eigenvalue weighted by Crippen LogP contribution is 2.36. The molecule has 0 aromatic heterocycles. The normalized spacial score (nSPS) is 18.1. The summed E-state index contributed by atoms with van der Waals surface area (Å²) < 4.78 is 10.7. The summed E-state index contributed by atoms with van der Waals surface area (Å²) in [5.41, 5.74) is 2.84. The van der Waals surface area contributed by atoms with Crippen LogP contribution in [0.2, 0.25) is 5.02 Å². The number of carbonyl (C=O) groups excluding carboxylic acids is 2. The second-order valence-corrected chi connectivity index (χ2v) is 9.83. The molecule has 2 amide bonds. The number of aryl methyl sites for hydroxylation is 1. The first kappa shape index (κ1) is 25.3. The van der Waals surface area contributed by atoms with Gasteiger partial charge in [0.1, 0.15) is 11.4 Å². The Balaban J connectivity index is 1.69. The quantitative estimate of drug-likeness (QED) is 0.520. The van der Waals surface area contributed by atoms with Crippen molar-refractivity contribution in [2.75, 3.05) is 38.3 Å². The number of amides is 2. The zero-order valence-corrected chi connectivity index (χ0v) is 21.6. The van der Waals surface area contributed by atoms with Gasteiger partial charge in [0, 0.05) is 13.1 Å². The Labute approximate surface area is 214 Å². The number of hydrogen-bond acceptors (Lipinski definition) is 6. The third-order valence-electron chi connectivity index (χ3n) is 5.79. The van der Waals surface area contributed by atoms with Crippen LogP contribution in [0, 0.1) is 6.92 Å². The fraction of sp³-hybridized carbons (Fsp3) is 0.346. The standard InChI is InChI=1S/C26H28ClN3O4S/c1-4-23(25(32)29-10-12-34-13-11-29)35-26-28-21(15-18-7-5-6-17(2)14-18)24(31)30(26)19-8-9-22(33-3)20(27)16-19/h5-9,14-16,23H,4,10-13H2,1-3H3. The first-order valence-corrected chi connectivity index (χ1v) is 12.7. The van der Waals surface area contributed by atoms with Crippen molar-refractivity contribution in [3.05, 3.63) is 64.3 Å². The molecule has 1 unspecified atom stereocenters. The van der Waals surface area contributed by atoms with Crippen molar-refractivity contribution in [1.29, 1.82) is 0 Å². The van der Waals surface area contributed by atoms with E-state index in [0.717, 1.165) is 11.1 Å². The lowest BCUT2D eigenvalue weighted by molar-refractivity contribution is -0.134. The lowest BCUT2D eigenvalue weighted by Gasteiger charge is -2.30. The van der Waals surface area contributed by atoms with Crippen molar-refractivity contribution in [1.82, 2.24) is 4.90 Å². The van der Waals surface area contributed by atoms with Crippen molar-refractivity contribution in [3.8, 4) is 5.75 Å². The topological polar surface area (TPSA) is 71.4 Å². The molecule has 0 radical (unpaired) electrons. The van der Waals surface area contributed by atoms with Crippen LogP contribution in [0.25, 0.3) is 6.08 Å². The summed E-state index contributed by atoms with van der Waals surface area (Å²) in [4.78, 5) is 34.8. The van der Waals surface area contributed by atoms with Gasteiger partial charge in [-0.3, -0.25) is 14.5 Å². The molecule has 184 valence electrons. The van der Waals surface area contributed by atoms with Crippen LogP contribution >= 0.6 is 23.4 Å². The van der Waals surface area contributed by atoms with Gasteiger partial charge in [0.15, 0.2) is 5.17 Å². The maximum Gasteiger partial charge on any atom is 0.283 e. The monoisotopic (exact) mass is 513 g/mol. The Morgan fingerprint density at radius 1 is 1.26 bits per heavy atom. The summed E-state index contributed by atoms with van der Waals surface area (Å²) in [5.74, 6) is 0.265. The highest BCUT2D eigenvalue weighted by Gasteiger charge is 2.36. The van der Waals surface area contributed by atoms with Gasteiger partial charge in [0.25, 0.3) is 5.91 Å². The van der Waals surface area contributed by atoms with Gasteiger partial charge in [-0.05, 0) is 43.2 Å². The third kappa shape index (κ3) is 5.72. The smallest absolute Gasteiger partial charge is 0.283 e. The lowest BCUT2D eigenvalue weighted by atomic mass is 10.1. The number of anilines is 1. The molecule has 1 fully saturated rings. The number of methoxy groups -OCH3 is 1. The molecular formula is C26H28ClN3O4S. The molecule has 1 saturated heterocycles. The fourth-order valence-electron chi connectivity index (χ4n) is 3.94. The van der Waals surface area contributed by atoms with Crippen LogP contribution in [0.3, 0.4) is 0 Å². The van der Waals surface area contributed by atoms with Crippen LogP contribution in [0.1, 0.15) is 24.5 Å². The molecule has 2 aromatic rings. The molecule has 2 aliphatic rings. The molecule has 1 atom stereocenters. The van der Waals surface area contributed by atoms with E-state index in [0.29, 0.717) is 60.0 Å². The molecule has 0 spiro atoms. The number of amidine groups is 1. The summed E-state index contributed by atoms with van der Waals surface area (Å²) in [5, 5.41) is 0.451. The summed E-state index contributed by atoms with van der Waals surface area (Å²) in [6.45, 7) is 6.16. The van der Waals surface area contributed by atoms with Crippen LogP contribution in [-0.4, -0.2) is 60.5 Å². The Morgan fingerprint density at radius 2 is 2.03 bits per heavy atom. The van der Waals surface area contributed by atoms with Gasteiger partial charge in [-0.1, -0.05) is 60.1 Å². The number of aliphatic imine (C=N–C) groups is 1. The second kappa shape index (κ2) is 11.3. The molecule has 2 heterocycles. The van der Waals surface area contributed by atoms with Crippen molar-refractivity contribution in [3.63, 3.8) is 0 Å². The van der Waals surface area contributed by atoms with Crippen molar-refractivity contribution in [2.24, 2.45) is 4.99 Å². The molecule has 0 aliphatic carbocycles. The van der Waals surface area contributed by atoms with Crippen molar-refractivity contribution in [2.45, 2.75) is 25.5 Å². The van der Waals surface area contributed by atoms with E-state index in [1.165, 1.54) is 23.8 Å². The average Bonchev–Trinajstić information content (AvgIpc) is 3.16. The molecule has 9 heteroatoms. The Morgan fingerprint density at radius 3 is 2.69 bits per heavy atom. The molecule has 4 rings (SSSR count). The van der Waals surface area contributed by atoms with Crippen LogP contribution in [0.5, 0.6) is 5.75 Å². The molecule has 0 N–H and O–H groups in total. The number of ether oxygens (including phenoxy) is 2. The number of benzene rings is 2. The van der Waals surface area contributed by atoms with E-state index in [1.807, 2.05) is 43.0 Å². The lowest BCUT2D eigenvalue weighted by Crippen LogP contribution is -2.45. The first-order valence-electron chi connectivity index (χ1n) is 11.5.